The van der Waals surface area contributed by atoms with Gasteiger partial charge in [-0.3, -0.25) is 4.79 Å². The van der Waals surface area contributed by atoms with Crippen LogP contribution in [0.15, 0.2) is 24.3 Å². The van der Waals surface area contributed by atoms with Crippen molar-refractivity contribution in [2.45, 2.75) is 5.38 Å². The van der Waals surface area contributed by atoms with Crippen molar-refractivity contribution in [1.82, 2.24) is 4.90 Å². The van der Waals surface area contributed by atoms with Crippen LogP contribution < -0.4 is 0 Å². The van der Waals surface area contributed by atoms with E-state index in [-0.39, 0.29) is 11.7 Å². The average Bonchev–Trinajstić information content (AvgIpc) is 2.16. The minimum Gasteiger partial charge on any atom is -0.347 e. The molecule has 76 valence electrons. The Morgan fingerprint density at radius 1 is 1.36 bits per heavy atom. The first-order valence-electron chi connectivity index (χ1n) is 4.13. The second kappa shape index (κ2) is 4.42. The molecule has 0 aliphatic rings. The standard InChI is InChI=1S/C10H11ClFNO/c1-13(2)10(14)9(11)7-3-5-8(12)6-4-7/h3-6,9H,1-2H3. The third-order valence-corrected chi connectivity index (χ3v) is 2.26. The first-order valence-corrected chi connectivity index (χ1v) is 4.56. The van der Waals surface area contributed by atoms with Gasteiger partial charge in [0.25, 0.3) is 0 Å². The molecule has 1 atom stereocenters. The van der Waals surface area contributed by atoms with Crippen LogP contribution in [0.2, 0.25) is 0 Å². The fourth-order valence-electron chi connectivity index (χ4n) is 1.00. The summed E-state index contributed by atoms with van der Waals surface area (Å²) in [4.78, 5) is 12.8. The van der Waals surface area contributed by atoms with E-state index in [1.807, 2.05) is 0 Å². The van der Waals surface area contributed by atoms with E-state index in [4.69, 9.17) is 11.6 Å². The molecule has 0 saturated carbocycles. The zero-order chi connectivity index (χ0) is 10.7. The molecule has 1 unspecified atom stereocenters. The van der Waals surface area contributed by atoms with Crippen LogP contribution in [-0.2, 0) is 4.79 Å². The van der Waals surface area contributed by atoms with E-state index in [0.717, 1.165) is 0 Å². The molecule has 1 rings (SSSR count). The molecule has 0 N–H and O–H groups in total. The lowest BCUT2D eigenvalue weighted by molar-refractivity contribution is -0.128. The van der Waals surface area contributed by atoms with E-state index in [9.17, 15) is 9.18 Å². The summed E-state index contributed by atoms with van der Waals surface area (Å²) < 4.78 is 12.6. The van der Waals surface area contributed by atoms with Crippen LogP contribution in [-0.4, -0.2) is 24.9 Å². The smallest absolute Gasteiger partial charge is 0.244 e. The number of likely N-dealkylation sites (N-methyl/N-ethyl adjacent to an activating group) is 1. The SMILES string of the molecule is CN(C)C(=O)C(Cl)c1ccc(F)cc1. The molecule has 0 fully saturated rings. The van der Waals surface area contributed by atoms with Gasteiger partial charge >= 0.3 is 0 Å². The summed E-state index contributed by atoms with van der Waals surface area (Å²) >= 11 is 5.89. The number of benzene rings is 1. The minimum atomic E-state index is -0.745. The van der Waals surface area contributed by atoms with E-state index in [0.29, 0.717) is 5.56 Å². The Labute approximate surface area is 87.3 Å². The van der Waals surface area contributed by atoms with Gasteiger partial charge in [-0.25, -0.2) is 4.39 Å². The van der Waals surface area contributed by atoms with Crippen molar-refractivity contribution in [3.63, 3.8) is 0 Å². The zero-order valence-corrected chi connectivity index (χ0v) is 8.75. The maximum atomic E-state index is 12.6. The van der Waals surface area contributed by atoms with Gasteiger partial charge in [-0.15, -0.1) is 11.6 Å². The van der Waals surface area contributed by atoms with Crippen LogP contribution in [0.4, 0.5) is 4.39 Å². The molecule has 14 heavy (non-hydrogen) atoms. The topological polar surface area (TPSA) is 20.3 Å². The van der Waals surface area contributed by atoms with Crippen LogP contribution in [0.5, 0.6) is 0 Å². The van der Waals surface area contributed by atoms with Crippen molar-refractivity contribution in [1.29, 1.82) is 0 Å². The highest BCUT2D eigenvalue weighted by atomic mass is 35.5. The van der Waals surface area contributed by atoms with Gasteiger partial charge in [0, 0.05) is 14.1 Å². The van der Waals surface area contributed by atoms with Gasteiger partial charge in [0.1, 0.15) is 11.2 Å². The number of carbonyl (C=O) groups is 1. The van der Waals surface area contributed by atoms with Gasteiger partial charge < -0.3 is 4.90 Å². The molecular weight excluding hydrogens is 205 g/mol. The lowest BCUT2D eigenvalue weighted by Gasteiger charge is -2.15. The Bertz CT molecular complexity index is 323. The molecule has 1 amide bonds. The highest BCUT2D eigenvalue weighted by Gasteiger charge is 2.18. The Hall–Kier alpha value is -1.09. The van der Waals surface area contributed by atoms with E-state index in [2.05, 4.69) is 0 Å². The van der Waals surface area contributed by atoms with Crippen molar-refractivity contribution in [2.24, 2.45) is 0 Å². The van der Waals surface area contributed by atoms with Crippen LogP contribution in [0.1, 0.15) is 10.9 Å². The molecule has 4 heteroatoms. The number of carbonyl (C=O) groups excluding carboxylic acids is 1. The fourth-order valence-corrected chi connectivity index (χ4v) is 1.34. The van der Waals surface area contributed by atoms with E-state index < -0.39 is 5.38 Å². The van der Waals surface area contributed by atoms with Crippen LogP contribution in [0, 0.1) is 5.82 Å². The highest BCUT2D eigenvalue weighted by molar-refractivity contribution is 6.30. The molecule has 0 aliphatic carbocycles. The van der Waals surface area contributed by atoms with Gasteiger partial charge in [-0.05, 0) is 17.7 Å². The van der Waals surface area contributed by atoms with Crippen molar-refractivity contribution < 1.29 is 9.18 Å². The summed E-state index contributed by atoms with van der Waals surface area (Å²) in [6.07, 6.45) is 0. The minimum absolute atomic E-state index is 0.210. The van der Waals surface area contributed by atoms with Gasteiger partial charge in [-0.2, -0.15) is 0 Å². The largest absolute Gasteiger partial charge is 0.347 e. The lowest BCUT2D eigenvalue weighted by Crippen LogP contribution is -2.25. The molecule has 1 aromatic carbocycles. The first kappa shape index (κ1) is 11.0. The molecule has 0 bridgehead atoms. The third kappa shape index (κ3) is 2.45. The summed E-state index contributed by atoms with van der Waals surface area (Å²) in [7, 11) is 3.25. The van der Waals surface area contributed by atoms with Crippen molar-refractivity contribution in [2.75, 3.05) is 14.1 Å². The van der Waals surface area contributed by atoms with E-state index in [1.165, 1.54) is 29.2 Å². The van der Waals surface area contributed by atoms with Crippen molar-refractivity contribution in [3.8, 4) is 0 Å². The molecule has 0 aliphatic heterocycles. The fraction of sp³-hybridized carbons (Fsp3) is 0.300. The molecule has 2 nitrogen and oxygen atoms in total. The molecule has 0 aromatic heterocycles. The molecule has 0 saturated heterocycles. The quantitative estimate of drug-likeness (QED) is 0.693. The number of nitrogens with zero attached hydrogens (tertiary/aromatic N) is 1. The Morgan fingerprint density at radius 2 is 1.86 bits per heavy atom. The molecular formula is C10H11ClFNO. The summed E-state index contributed by atoms with van der Waals surface area (Å²) in [5.41, 5.74) is 0.603. The van der Waals surface area contributed by atoms with Crippen molar-refractivity contribution in [3.05, 3.63) is 35.6 Å². The number of rotatable bonds is 2. The van der Waals surface area contributed by atoms with E-state index >= 15 is 0 Å². The number of amides is 1. The number of alkyl halides is 1. The molecule has 0 radical (unpaired) electrons. The van der Waals surface area contributed by atoms with Crippen LogP contribution >= 0.6 is 11.6 Å². The average molecular weight is 216 g/mol. The predicted octanol–water partition coefficient (Wildman–Crippen LogP) is 2.19. The third-order valence-electron chi connectivity index (χ3n) is 1.82. The Balaban J connectivity index is 2.84. The number of halogens is 2. The Morgan fingerprint density at radius 3 is 2.29 bits per heavy atom. The first-order chi connectivity index (χ1) is 6.52. The van der Waals surface area contributed by atoms with Gasteiger partial charge in [-0.1, -0.05) is 12.1 Å². The maximum absolute atomic E-state index is 12.6. The van der Waals surface area contributed by atoms with Crippen molar-refractivity contribution >= 4 is 17.5 Å². The highest BCUT2D eigenvalue weighted by Crippen LogP contribution is 2.22. The number of hydrogen-bond acceptors (Lipinski definition) is 1. The molecule has 0 spiro atoms. The second-order valence-electron chi connectivity index (χ2n) is 3.15. The molecule has 0 heterocycles. The number of hydrogen-bond donors (Lipinski definition) is 0. The van der Waals surface area contributed by atoms with Gasteiger partial charge in [0.15, 0.2) is 0 Å². The monoisotopic (exact) mass is 215 g/mol. The normalized spacial score (nSPS) is 12.3. The lowest BCUT2D eigenvalue weighted by atomic mass is 10.1. The Kier molecular flexibility index (Phi) is 3.47. The zero-order valence-electron chi connectivity index (χ0n) is 8.00. The summed E-state index contributed by atoms with van der Waals surface area (Å²) in [6, 6.07) is 5.59. The second-order valence-corrected chi connectivity index (χ2v) is 3.58. The van der Waals surface area contributed by atoms with E-state index in [1.54, 1.807) is 14.1 Å². The van der Waals surface area contributed by atoms with Gasteiger partial charge in [0.05, 0.1) is 0 Å². The summed E-state index contributed by atoms with van der Waals surface area (Å²) in [6.45, 7) is 0. The van der Waals surface area contributed by atoms with Gasteiger partial charge in [0.2, 0.25) is 5.91 Å². The van der Waals surface area contributed by atoms with Crippen LogP contribution in [0.25, 0.3) is 0 Å². The van der Waals surface area contributed by atoms with Crippen LogP contribution in [0.3, 0.4) is 0 Å². The summed E-state index contributed by atoms with van der Waals surface area (Å²) in [5.74, 6) is -0.548. The summed E-state index contributed by atoms with van der Waals surface area (Å²) in [5, 5.41) is -0.745. The maximum Gasteiger partial charge on any atom is 0.244 e. The molecule has 1 aromatic rings. The predicted molar refractivity (Wildman–Crippen MR) is 53.7 cm³/mol.